The number of rotatable bonds is 2. The normalized spacial score (nSPS) is 21.8. The van der Waals surface area contributed by atoms with Crippen LogP contribution in [-0.4, -0.2) is 52.4 Å². The third-order valence-electron chi connectivity index (χ3n) is 5.67. The van der Waals surface area contributed by atoms with Gasteiger partial charge in [0.25, 0.3) is 11.8 Å². The molecular formula is C22H24N2O3. The van der Waals surface area contributed by atoms with E-state index in [0.717, 1.165) is 18.4 Å². The van der Waals surface area contributed by atoms with Gasteiger partial charge in [-0.3, -0.25) is 9.59 Å². The molecule has 0 aliphatic carbocycles. The number of fused-ring (bicyclic) bond motifs is 4. The number of hydrogen-bond donors (Lipinski definition) is 1. The first-order valence-corrected chi connectivity index (χ1v) is 9.48. The maximum absolute atomic E-state index is 13.1. The van der Waals surface area contributed by atoms with Gasteiger partial charge in [-0.05, 0) is 55.5 Å². The van der Waals surface area contributed by atoms with Crippen LogP contribution in [0, 0.1) is 12.8 Å². The molecule has 3 fully saturated rings. The minimum atomic E-state index is -0.142. The van der Waals surface area contributed by atoms with Crippen LogP contribution in [0.4, 0.5) is 0 Å². The van der Waals surface area contributed by atoms with Crippen molar-refractivity contribution in [2.24, 2.45) is 5.92 Å². The first kappa shape index (κ1) is 17.6. The highest BCUT2D eigenvalue weighted by Gasteiger charge is 2.39. The van der Waals surface area contributed by atoms with E-state index >= 15 is 0 Å². The third-order valence-corrected chi connectivity index (χ3v) is 5.67. The highest BCUT2D eigenvalue weighted by Crippen LogP contribution is 2.31. The van der Waals surface area contributed by atoms with Crippen molar-refractivity contribution >= 4 is 11.8 Å². The second-order valence-corrected chi connectivity index (χ2v) is 7.65. The number of carbonyl (C=O) groups excluding carboxylic acids is 2. The lowest BCUT2D eigenvalue weighted by Crippen LogP contribution is -2.47. The molecule has 3 heterocycles. The standard InChI is InChI=1S/C22H24N2O3/c1-15-7-10-19(20(25)11-15)22(27)24-13-16-8-9-18(24)14-23(12-16)21(26)17-5-3-2-4-6-17/h2-7,10-11,16,18,25H,8-9,12-14H2,1H3. The summed E-state index contributed by atoms with van der Waals surface area (Å²) in [5.74, 6) is 0.182. The molecule has 5 nitrogen and oxygen atoms in total. The summed E-state index contributed by atoms with van der Waals surface area (Å²) >= 11 is 0. The maximum atomic E-state index is 13.1. The van der Waals surface area contributed by atoms with Crippen LogP contribution < -0.4 is 0 Å². The van der Waals surface area contributed by atoms with Crippen molar-refractivity contribution in [3.8, 4) is 5.75 Å². The minimum absolute atomic E-state index is 0.00962. The Bertz CT molecular complexity index is 865. The minimum Gasteiger partial charge on any atom is -0.507 e. The van der Waals surface area contributed by atoms with Crippen molar-refractivity contribution in [2.75, 3.05) is 19.6 Å². The molecule has 2 aromatic rings. The van der Waals surface area contributed by atoms with Crippen LogP contribution in [0.1, 0.15) is 39.1 Å². The third kappa shape index (κ3) is 3.42. The molecule has 2 amide bonds. The van der Waals surface area contributed by atoms with Crippen molar-refractivity contribution in [1.29, 1.82) is 0 Å². The van der Waals surface area contributed by atoms with E-state index in [4.69, 9.17) is 0 Å². The molecule has 1 N–H and O–H groups in total. The van der Waals surface area contributed by atoms with Crippen molar-refractivity contribution in [3.05, 3.63) is 65.2 Å². The maximum Gasteiger partial charge on any atom is 0.257 e. The van der Waals surface area contributed by atoms with Gasteiger partial charge >= 0.3 is 0 Å². The Morgan fingerprint density at radius 2 is 1.74 bits per heavy atom. The number of piperidine rings is 1. The SMILES string of the molecule is Cc1ccc(C(=O)N2CC3CCC2CN(C(=O)c2ccccc2)C3)c(O)c1. The van der Waals surface area contributed by atoms with Gasteiger partial charge in [0.1, 0.15) is 5.75 Å². The number of benzene rings is 2. The monoisotopic (exact) mass is 364 g/mol. The summed E-state index contributed by atoms with van der Waals surface area (Å²) in [4.78, 5) is 29.7. The van der Waals surface area contributed by atoms with Crippen molar-refractivity contribution in [2.45, 2.75) is 25.8 Å². The molecular weight excluding hydrogens is 340 g/mol. The second-order valence-electron chi connectivity index (χ2n) is 7.65. The average Bonchev–Trinajstić information content (AvgIpc) is 2.99. The molecule has 3 saturated heterocycles. The highest BCUT2D eigenvalue weighted by molar-refractivity contribution is 5.97. The summed E-state index contributed by atoms with van der Waals surface area (Å²) in [6, 6.07) is 14.5. The number of hydrogen-bond acceptors (Lipinski definition) is 3. The molecule has 5 rings (SSSR count). The second kappa shape index (κ2) is 7.06. The smallest absolute Gasteiger partial charge is 0.257 e. The van der Waals surface area contributed by atoms with Gasteiger partial charge in [0.2, 0.25) is 0 Å². The Kier molecular flexibility index (Phi) is 4.60. The van der Waals surface area contributed by atoms with Gasteiger partial charge in [0.05, 0.1) is 5.56 Å². The molecule has 27 heavy (non-hydrogen) atoms. The average molecular weight is 364 g/mol. The predicted octanol–water partition coefficient (Wildman–Crippen LogP) is 3.08. The Morgan fingerprint density at radius 1 is 0.963 bits per heavy atom. The summed E-state index contributed by atoms with van der Waals surface area (Å²) in [7, 11) is 0. The lowest BCUT2D eigenvalue weighted by molar-refractivity contribution is 0.0571. The van der Waals surface area contributed by atoms with Gasteiger partial charge in [-0.25, -0.2) is 0 Å². The Balaban J connectivity index is 1.56. The summed E-state index contributed by atoms with van der Waals surface area (Å²) in [6.07, 6.45) is 1.91. The van der Waals surface area contributed by atoms with E-state index in [1.807, 2.05) is 53.1 Å². The van der Waals surface area contributed by atoms with Crippen LogP contribution >= 0.6 is 0 Å². The predicted molar refractivity (Wildman–Crippen MR) is 103 cm³/mol. The first-order valence-electron chi connectivity index (χ1n) is 9.48. The fourth-order valence-electron chi connectivity index (χ4n) is 4.24. The number of aryl methyl sites for hydroxylation is 1. The molecule has 0 aromatic heterocycles. The topological polar surface area (TPSA) is 60.9 Å². The molecule has 0 radical (unpaired) electrons. The first-order chi connectivity index (χ1) is 13.0. The van der Waals surface area contributed by atoms with Crippen LogP contribution in [0.2, 0.25) is 0 Å². The molecule has 5 heteroatoms. The zero-order valence-corrected chi connectivity index (χ0v) is 15.5. The Hall–Kier alpha value is -2.82. The summed E-state index contributed by atoms with van der Waals surface area (Å²) in [5, 5.41) is 10.2. The van der Waals surface area contributed by atoms with Crippen molar-refractivity contribution in [1.82, 2.24) is 9.80 Å². The van der Waals surface area contributed by atoms with Crippen LogP contribution in [0.5, 0.6) is 5.75 Å². The van der Waals surface area contributed by atoms with Crippen molar-refractivity contribution < 1.29 is 14.7 Å². The molecule has 0 saturated carbocycles. The summed E-state index contributed by atoms with van der Waals surface area (Å²) < 4.78 is 0. The fraction of sp³-hybridized carbons (Fsp3) is 0.364. The van der Waals surface area contributed by atoms with Gasteiger partial charge in [0, 0.05) is 31.2 Å². The summed E-state index contributed by atoms with van der Waals surface area (Å²) in [5.41, 5.74) is 1.95. The van der Waals surface area contributed by atoms with E-state index in [0.29, 0.717) is 30.8 Å². The van der Waals surface area contributed by atoms with Crippen LogP contribution in [-0.2, 0) is 0 Å². The van der Waals surface area contributed by atoms with Gasteiger partial charge in [-0.1, -0.05) is 24.3 Å². The quantitative estimate of drug-likeness (QED) is 0.891. The van der Waals surface area contributed by atoms with Gasteiger partial charge in [0.15, 0.2) is 0 Å². The molecule has 0 spiro atoms. The summed E-state index contributed by atoms with van der Waals surface area (Å²) in [6.45, 7) is 3.74. The molecule has 140 valence electrons. The number of phenolic OH excluding ortho intramolecular Hbond substituents is 1. The zero-order chi connectivity index (χ0) is 19.0. The Morgan fingerprint density at radius 3 is 2.48 bits per heavy atom. The molecule has 2 aromatic carbocycles. The lowest BCUT2D eigenvalue weighted by Gasteiger charge is -2.36. The fourth-order valence-corrected chi connectivity index (χ4v) is 4.24. The van der Waals surface area contributed by atoms with Crippen LogP contribution in [0.15, 0.2) is 48.5 Å². The van der Waals surface area contributed by atoms with E-state index in [-0.39, 0.29) is 29.5 Å². The number of aromatic hydroxyl groups is 1. The molecule has 3 aliphatic rings. The number of phenols is 1. The molecule has 2 unspecified atom stereocenters. The van der Waals surface area contributed by atoms with Crippen LogP contribution in [0.25, 0.3) is 0 Å². The van der Waals surface area contributed by atoms with E-state index in [1.165, 1.54) is 0 Å². The molecule has 2 atom stereocenters. The zero-order valence-electron chi connectivity index (χ0n) is 15.5. The van der Waals surface area contributed by atoms with Gasteiger partial charge in [-0.2, -0.15) is 0 Å². The van der Waals surface area contributed by atoms with Crippen LogP contribution in [0.3, 0.4) is 0 Å². The largest absolute Gasteiger partial charge is 0.507 e. The van der Waals surface area contributed by atoms with Crippen molar-refractivity contribution in [3.63, 3.8) is 0 Å². The van der Waals surface area contributed by atoms with E-state index in [1.54, 1.807) is 12.1 Å². The molecule has 3 aliphatic heterocycles. The molecule has 2 bridgehead atoms. The van der Waals surface area contributed by atoms with E-state index in [9.17, 15) is 14.7 Å². The highest BCUT2D eigenvalue weighted by atomic mass is 16.3. The number of amides is 2. The van der Waals surface area contributed by atoms with E-state index in [2.05, 4.69) is 0 Å². The van der Waals surface area contributed by atoms with Gasteiger partial charge < -0.3 is 14.9 Å². The lowest BCUT2D eigenvalue weighted by atomic mass is 9.94. The Labute approximate surface area is 159 Å². The number of nitrogens with zero attached hydrogens (tertiary/aromatic N) is 2. The van der Waals surface area contributed by atoms with Gasteiger partial charge in [-0.15, -0.1) is 0 Å². The van der Waals surface area contributed by atoms with E-state index < -0.39 is 0 Å². The number of carbonyl (C=O) groups is 2.